The highest BCUT2D eigenvalue weighted by atomic mass is 31.2. The van der Waals surface area contributed by atoms with Crippen LogP contribution in [-0.2, 0) is 0 Å². The Balaban J connectivity index is 3.42. The summed E-state index contributed by atoms with van der Waals surface area (Å²) in [4.78, 5) is 0. The second-order valence-electron chi connectivity index (χ2n) is 13.2. The molecule has 1 heteroatoms. The van der Waals surface area contributed by atoms with Gasteiger partial charge in [-0.05, 0) is 37.8 Å². The number of allylic oxidation sites excluding steroid dienone is 2. The van der Waals surface area contributed by atoms with Crippen molar-refractivity contribution in [3.63, 3.8) is 0 Å². The summed E-state index contributed by atoms with van der Waals surface area (Å²) in [6.45, 7) is 9.55. The zero-order valence-electron chi connectivity index (χ0n) is 28.0. The van der Waals surface area contributed by atoms with Crippen LogP contribution in [-0.4, -0.2) is 13.3 Å². The van der Waals surface area contributed by atoms with Gasteiger partial charge in [0.05, 0.1) is 32.2 Å². The molecule has 0 rings (SSSR count). The quantitative estimate of drug-likeness (QED) is 0.0564. The zero-order chi connectivity index (χ0) is 28.5. The summed E-state index contributed by atoms with van der Waals surface area (Å²) >= 11 is 0. The lowest BCUT2D eigenvalue weighted by Crippen LogP contribution is -1.83. The van der Waals surface area contributed by atoms with Gasteiger partial charge in [-0.3, -0.25) is 0 Å². The molecule has 0 nitrogen and oxygen atoms in total. The number of rotatable bonds is 32. The van der Waals surface area contributed by atoms with Gasteiger partial charge in [0.25, 0.3) is 0 Å². The van der Waals surface area contributed by atoms with E-state index in [1.54, 1.807) is 0 Å². The molecule has 0 unspecified atom stereocenters. The molecule has 0 spiro atoms. The van der Waals surface area contributed by atoms with Crippen molar-refractivity contribution in [2.45, 2.75) is 206 Å². The monoisotopic (exact) mass is 564 g/mol. The molecule has 0 saturated heterocycles. The van der Waals surface area contributed by atoms with Crippen LogP contribution in [0.5, 0.6) is 0 Å². The third-order valence-electron chi connectivity index (χ3n) is 8.43. The summed E-state index contributed by atoms with van der Waals surface area (Å²) in [6.07, 6.45) is 48.1. The Morgan fingerprint density at radius 1 is 0.308 bits per heavy atom. The van der Waals surface area contributed by atoms with Crippen LogP contribution in [0, 0.1) is 0 Å². The van der Waals surface area contributed by atoms with Gasteiger partial charge in [0.1, 0.15) is 0 Å². The second kappa shape index (κ2) is 32.4. The summed E-state index contributed by atoms with van der Waals surface area (Å²) in [5.41, 5.74) is 0. The van der Waals surface area contributed by atoms with Gasteiger partial charge in [-0.25, -0.2) is 0 Å². The van der Waals surface area contributed by atoms with E-state index >= 15 is 0 Å². The highest BCUT2D eigenvalue weighted by Crippen LogP contribution is 2.54. The maximum Gasteiger partial charge on any atom is 0.0588 e. The first kappa shape index (κ1) is 38.9. The maximum absolute atomic E-state index is 2.55. The molecule has 0 radical (unpaired) electrons. The standard InChI is InChI=1S/C38H76P/c1-5-7-9-11-13-15-17-19-21-23-25-27-29-31-33-35-37-39(3,4)38-36-34-32-30-28-26-24-22-20-18-16-14-12-10-8-6-2/h35-38H,5-34H2,1-4H3/q+1. The Labute approximate surface area is 250 Å². The smallest absolute Gasteiger partial charge is 0.0588 e. The third-order valence-corrected chi connectivity index (χ3v) is 10.4. The molecule has 0 N–H and O–H groups in total. The zero-order valence-corrected chi connectivity index (χ0v) is 28.9. The normalized spacial score (nSPS) is 12.4. The van der Waals surface area contributed by atoms with Gasteiger partial charge in [-0.2, -0.15) is 0 Å². The lowest BCUT2D eigenvalue weighted by atomic mass is 10.0. The SMILES string of the molecule is CCCCCCCCCCCCCCCCC=C[P+](C)(C)C=CCCCCCCCCCCCCCCCC. The minimum atomic E-state index is -0.980. The first-order chi connectivity index (χ1) is 19.1. The minimum absolute atomic E-state index is 0.980. The molecular weight excluding hydrogens is 487 g/mol. The van der Waals surface area contributed by atoms with Crippen molar-refractivity contribution < 1.29 is 0 Å². The van der Waals surface area contributed by atoms with Crippen LogP contribution in [0.15, 0.2) is 23.8 Å². The summed E-state index contributed by atoms with van der Waals surface area (Å²) in [5, 5.41) is 0. The molecule has 0 aromatic heterocycles. The molecule has 0 fully saturated rings. The van der Waals surface area contributed by atoms with Gasteiger partial charge < -0.3 is 0 Å². The van der Waals surface area contributed by atoms with Crippen molar-refractivity contribution in [2.75, 3.05) is 13.3 Å². The van der Waals surface area contributed by atoms with Gasteiger partial charge in [-0.1, -0.05) is 181 Å². The fourth-order valence-electron chi connectivity index (χ4n) is 5.66. The van der Waals surface area contributed by atoms with Crippen LogP contribution >= 0.6 is 7.26 Å². The van der Waals surface area contributed by atoms with E-state index < -0.39 is 7.26 Å². The van der Waals surface area contributed by atoms with E-state index in [0.717, 1.165) is 0 Å². The molecule has 0 aromatic rings. The number of hydrogen-bond acceptors (Lipinski definition) is 0. The van der Waals surface area contributed by atoms with Crippen molar-refractivity contribution in [1.82, 2.24) is 0 Å². The van der Waals surface area contributed by atoms with E-state index in [-0.39, 0.29) is 0 Å². The molecule has 0 aliphatic rings. The highest BCUT2D eigenvalue weighted by Gasteiger charge is 2.15. The molecule has 0 bridgehead atoms. The van der Waals surface area contributed by atoms with E-state index in [4.69, 9.17) is 0 Å². The summed E-state index contributed by atoms with van der Waals surface area (Å²) in [6, 6.07) is 0. The van der Waals surface area contributed by atoms with E-state index in [1.165, 1.54) is 193 Å². The van der Waals surface area contributed by atoms with Gasteiger partial charge >= 0.3 is 0 Å². The summed E-state index contributed by atoms with van der Waals surface area (Å²) < 4.78 is 0. The highest BCUT2D eigenvalue weighted by molar-refractivity contribution is 7.80. The summed E-state index contributed by atoms with van der Waals surface area (Å²) in [7, 11) is -0.980. The van der Waals surface area contributed by atoms with Crippen LogP contribution in [0.1, 0.15) is 206 Å². The van der Waals surface area contributed by atoms with Crippen molar-refractivity contribution in [3.05, 3.63) is 23.8 Å². The van der Waals surface area contributed by atoms with Crippen LogP contribution in [0.25, 0.3) is 0 Å². The molecule has 0 saturated carbocycles. The molecule has 232 valence electrons. The van der Waals surface area contributed by atoms with Gasteiger partial charge in [0, 0.05) is 0 Å². The Morgan fingerprint density at radius 3 is 0.744 bits per heavy atom. The molecule has 39 heavy (non-hydrogen) atoms. The molecule has 0 atom stereocenters. The predicted octanol–water partition coefficient (Wildman–Crippen LogP) is 15.0. The van der Waals surface area contributed by atoms with Gasteiger partial charge in [0.2, 0.25) is 0 Å². The Morgan fingerprint density at radius 2 is 0.513 bits per heavy atom. The Hall–Kier alpha value is -0.0900. The lowest BCUT2D eigenvalue weighted by molar-refractivity contribution is 0.536. The van der Waals surface area contributed by atoms with Crippen molar-refractivity contribution in [3.8, 4) is 0 Å². The maximum atomic E-state index is 2.55. The minimum Gasteiger partial charge on any atom is -0.0654 e. The van der Waals surface area contributed by atoms with Crippen molar-refractivity contribution in [1.29, 1.82) is 0 Å². The number of hydrogen-bond donors (Lipinski definition) is 0. The largest absolute Gasteiger partial charge is 0.0654 e. The van der Waals surface area contributed by atoms with Gasteiger partial charge in [-0.15, -0.1) is 0 Å². The van der Waals surface area contributed by atoms with Crippen molar-refractivity contribution in [2.24, 2.45) is 0 Å². The lowest BCUT2D eigenvalue weighted by Gasteiger charge is -2.07. The van der Waals surface area contributed by atoms with Crippen LogP contribution in [0.3, 0.4) is 0 Å². The van der Waals surface area contributed by atoms with E-state index in [0.29, 0.717) is 0 Å². The van der Waals surface area contributed by atoms with Crippen LogP contribution in [0.4, 0.5) is 0 Å². The van der Waals surface area contributed by atoms with E-state index in [9.17, 15) is 0 Å². The molecular formula is C38H76P+. The van der Waals surface area contributed by atoms with Crippen LogP contribution in [0.2, 0.25) is 0 Å². The summed E-state index contributed by atoms with van der Waals surface area (Å²) in [5.74, 6) is 5.11. The van der Waals surface area contributed by atoms with E-state index in [2.05, 4.69) is 51.0 Å². The van der Waals surface area contributed by atoms with E-state index in [1.807, 2.05) is 0 Å². The fraction of sp³-hybridized carbons (Fsp3) is 0.895. The topological polar surface area (TPSA) is 0 Å². The van der Waals surface area contributed by atoms with Crippen molar-refractivity contribution >= 4 is 7.26 Å². The fourth-order valence-corrected chi connectivity index (χ4v) is 7.14. The predicted molar refractivity (Wildman–Crippen MR) is 187 cm³/mol. The third kappa shape index (κ3) is 34.0. The number of unbranched alkanes of at least 4 members (excludes halogenated alkanes) is 28. The van der Waals surface area contributed by atoms with Gasteiger partial charge in [0.15, 0.2) is 0 Å². The first-order valence-corrected chi connectivity index (χ1v) is 21.1. The first-order valence-electron chi connectivity index (χ1n) is 18.3. The van der Waals surface area contributed by atoms with Crippen LogP contribution < -0.4 is 0 Å². The molecule has 0 aliphatic carbocycles. The molecule has 0 heterocycles. The molecule has 0 aromatic carbocycles. The Bertz CT molecular complexity index is 459. The molecule has 0 aliphatic heterocycles. The average molecular weight is 564 g/mol. The average Bonchev–Trinajstić information content (AvgIpc) is 2.92. The Kier molecular flexibility index (Phi) is 32.4. The molecule has 0 amide bonds. The second-order valence-corrected chi connectivity index (χ2v) is 17.0.